The first-order chi connectivity index (χ1) is 21.7. The third kappa shape index (κ3) is 4.77. The molecule has 2 N–H and O–H groups in total. The summed E-state index contributed by atoms with van der Waals surface area (Å²) in [6, 6.07) is 8.06. The molecule has 236 valence electrons. The van der Waals surface area contributed by atoms with E-state index in [1.54, 1.807) is 6.07 Å². The van der Waals surface area contributed by atoms with E-state index in [2.05, 4.69) is 20.1 Å². The summed E-state index contributed by atoms with van der Waals surface area (Å²) < 4.78 is 66.8. The minimum atomic E-state index is -1.12. The van der Waals surface area contributed by atoms with Crippen LogP contribution in [0.1, 0.15) is 44.9 Å². The van der Waals surface area contributed by atoms with Crippen molar-refractivity contribution in [3.05, 3.63) is 53.8 Å². The average Bonchev–Trinajstić information content (AvgIpc) is 3.72. The molecule has 1 aromatic heterocycles. The van der Waals surface area contributed by atoms with Gasteiger partial charge in [0.25, 0.3) is 0 Å². The van der Waals surface area contributed by atoms with Gasteiger partial charge in [-0.25, -0.2) is 17.6 Å². The molecular weight excluding hydrogens is 586 g/mol. The molecule has 5 heterocycles. The number of fused-ring (bicyclic) bond motifs is 3. The van der Waals surface area contributed by atoms with Crippen molar-refractivity contribution in [2.75, 3.05) is 44.2 Å². The molecule has 3 aromatic carbocycles. The standard InChI is InChI=1S/C34H35F4N5O2/c35-21-17-34(8-2-12-43(34)18-21)19-45-32-40-30-24(31(41-32)42-13-9-33(10-14-42)7-1-11-39-33)5-4-23(28(30)37)25-16-22(44)15-20-3-6-26(36)29(38)27(20)25/h3-6,15-16,21,39,44H,1-2,7-14,17-19H2/t21-,34+/m1/s1. The fraction of sp³-hybridized carbons (Fsp3) is 0.471. The number of rotatable bonds is 5. The minimum absolute atomic E-state index is 0.00523. The third-order valence-electron chi connectivity index (χ3n) is 10.6. The molecule has 0 unspecified atom stereocenters. The fourth-order valence-corrected chi connectivity index (χ4v) is 8.32. The average molecular weight is 622 g/mol. The summed E-state index contributed by atoms with van der Waals surface area (Å²) in [6.07, 6.45) is 5.33. The zero-order chi connectivity index (χ0) is 30.9. The summed E-state index contributed by atoms with van der Waals surface area (Å²) in [5.74, 6) is -2.62. The molecule has 4 fully saturated rings. The van der Waals surface area contributed by atoms with Crippen molar-refractivity contribution in [1.29, 1.82) is 0 Å². The molecule has 0 aliphatic carbocycles. The van der Waals surface area contributed by atoms with Crippen molar-refractivity contribution in [1.82, 2.24) is 20.2 Å². The number of aromatic hydroxyl groups is 1. The molecule has 4 aliphatic rings. The molecule has 2 atom stereocenters. The first kappa shape index (κ1) is 28.8. The second-order valence-corrected chi connectivity index (χ2v) is 13.3. The lowest BCUT2D eigenvalue weighted by Gasteiger charge is -2.40. The van der Waals surface area contributed by atoms with Crippen molar-refractivity contribution in [3.63, 3.8) is 0 Å². The van der Waals surface area contributed by atoms with Crippen LogP contribution in [0.2, 0.25) is 0 Å². The number of hydrogen-bond donors (Lipinski definition) is 2. The largest absolute Gasteiger partial charge is 0.508 e. The lowest BCUT2D eigenvalue weighted by molar-refractivity contribution is 0.107. The molecule has 1 spiro atoms. The topological polar surface area (TPSA) is 73.8 Å². The normalized spacial score (nSPS) is 24.7. The Bertz CT molecular complexity index is 1810. The zero-order valence-electron chi connectivity index (χ0n) is 24.9. The maximum absolute atomic E-state index is 16.7. The summed E-state index contributed by atoms with van der Waals surface area (Å²) >= 11 is 0. The molecule has 0 saturated carbocycles. The minimum Gasteiger partial charge on any atom is -0.508 e. The highest BCUT2D eigenvalue weighted by molar-refractivity contribution is 6.01. The Morgan fingerprint density at radius 2 is 1.78 bits per heavy atom. The van der Waals surface area contributed by atoms with Gasteiger partial charge in [0.15, 0.2) is 17.5 Å². The van der Waals surface area contributed by atoms with Crippen LogP contribution in [0, 0.1) is 17.5 Å². The molecule has 8 rings (SSSR count). The van der Waals surface area contributed by atoms with Gasteiger partial charge in [-0.3, -0.25) is 4.90 Å². The molecule has 4 saturated heterocycles. The molecule has 0 radical (unpaired) electrons. The number of alkyl halides is 1. The van der Waals surface area contributed by atoms with Gasteiger partial charge in [0.1, 0.15) is 29.9 Å². The van der Waals surface area contributed by atoms with E-state index in [1.807, 2.05) is 0 Å². The maximum Gasteiger partial charge on any atom is 0.319 e. The number of phenolic OH excluding ortho intramolecular Hbond substituents is 1. The smallest absolute Gasteiger partial charge is 0.319 e. The molecule has 45 heavy (non-hydrogen) atoms. The Labute approximate surface area is 258 Å². The van der Waals surface area contributed by atoms with Crippen molar-refractivity contribution < 1.29 is 27.4 Å². The van der Waals surface area contributed by atoms with E-state index >= 15 is 8.78 Å². The number of ether oxygens (including phenoxy) is 1. The number of halogens is 4. The van der Waals surface area contributed by atoms with Crippen LogP contribution in [-0.2, 0) is 0 Å². The summed E-state index contributed by atoms with van der Waals surface area (Å²) in [4.78, 5) is 13.6. The van der Waals surface area contributed by atoms with Crippen LogP contribution >= 0.6 is 0 Å². The Balaban J connectivity index is 1.23. The number of piperidine rings is 1. The van der Waals surface area contributed by atoms with Crippen LogP contribution in [0.15, 0.2) is 36.4 Å². The van der Waals surface area contributed by atoms with Gasteiger partial charge in [-0.2, -0.15) is 9.97 Å². The Hall–Kier alpha value is -3.70. The quantitative estimate of drug-likeness (QED) is 0.255. The number of nitrogens with zero attached hydrogens (tertiary/aromatic N) is 4. The van der Waals surface area contributed by atoms with Crippen LogP contribution < -0.4 is 15.0 Å². The van der Waals surface area contributed by atoms with Crippen molar-refractivity contribution in [3.8, 4) is 22.9 Å². The van der Waals surface area contributed by atoms with Crippen LogP contribution in [0.5, 0.6) is 11.8 Å². The van der Waals surface area contributed by atoms with E-state index in [9.17, 15) is 13.9 Å². The molecular formula is C34H35F4N5O2. The summed E-state index contributed by atoms with van der Waals surface area (Å²) in [6.45, 7) is 3.81. The van der Waals surface area contributed by atoms with Crippen molar-refractivity contribution in [2.24, 2.45) is 0 Å². The van der Waals surface area contributed by atoms with Crippen molar-refractivity contribution >= 4 is 27.5 Å². The lowest BCUT2D eigenvalue weighted by atomic mass is 9.86. The first-order valence-corrected chi connectivity index (χ1v) is 15.9. The number of hydrogen-bond acceptors (Lipinski definition) is 7. The van der Waals surface area contributed by atoms with E-state index in [-0.39, 0.29) is 51.3 Å². The van der Waals surface area contributed by atoms with Crippen LogP contribution in [-0.4, -0.2) is 76.6 Å². The highest BCUT2D eigenvalue weighted by atomic mass is 19.2. The molecule has 11 heteroatoms. The van der Waals surface area contributed by atoms with Gasteiger partial charge >= 0.3 is 6.01 Å². The second kappa shape index (κ2) is 10.7. The molecule has 0 bridgehead atoms. The highest BCUT2D eigenvalue weighted by Gasteiger charge is 2.49. The summed E-state index contributed by atoms with van der Waals surface area (Å²) in [5, 5.41) is 14.7. The van der Waals surface area contributed by atoms with Crippen LogP contribution in [0.4, 0.5) is 23.4 Å². The van der Waals surface area contributed by atoms with Crippen LogP contribution in [0.25, 0.3) is 32.8 Å². The second-order valence-electron chi connectivity index (χ2n) is 13.3. The van der Waals surface area contributed by atoms with E-state index < -0.39 is 29.2 Å². The van der Waals surface area contributed by atoms with Crippen molar-refractivity contribution in [2.45, 2.75) is 62.2 Å². The molecule has 0 amide bonds. The van der Waals surface area contributed by atoms with E-state index in [1.165, 1.54) is 24.3 Å². The summed E-state index contributed by atoms with van der Waals surface area (Å²) in [5.41, 5.74) is -0.366. The Kier molecular flexibility index (Phi) is 6.83. The molecule has 4 aliphatic heterocycles. The molecule has 4 aromatic rings. The predicted molar refractivity (Wildman–Crippen MR) is 164 cm³/mol. The molecule has 7 nitrogen and oxygen atoms in total. The monoisotopic (exact) mass is 621 g/mol. The van der Waals surface area contributed by atoms with Crippen LogP contribution in [0.3, 0.4) is 0 Å². The first-order valence-electron chi connectivity index (χ1n) is 15.9. The van der Waals surface area contributed by atoms with E-state index in [0.29, 0.717) is 37.3 Å². The Morgan fingerprint density at radius 3 is 2.58 bits per heavy atom. The number of anilines is 1. The fourth-order valence-electron chi connectivity index (χ4n) is 8.32. The van der Waals surface area contributed by atoms with Gasteiger partial charge < -0.3 is 20.1 Å². The van der Waals surface area contributed by atoms with Gasteiger partial charge in [-0.15, -0.1) is 0 Å². The number of nitrogens with one attached hydrogen (secondary N) is 1. The van der Waals surface area contributed by atoms with E-state index in [0.717, 1.165) is 57.7 Å². The highest BCUT2D eigenvalue weighted by Crippen LogP contribution is 2.43. The lowest BCUT2D eigenvalue weighted by Crippen LogP contribution is -2.50. The maximum atomic E-state index is 16.7. The summed E-state index contributed by atoms with van der Waals surface area (Å²) in [7, 11) is 0. The number of benzene rings is 3. The van der Waals surface area contributed by atoms with Gasteiger partial charge in [0.05, 0.1) is 5.54 Å². The predicted octanol–water partition coefficient (Wildman–Crippen LogP) is 6.25. The van der Waals surface area contributed by atoms with Gasteiger partial charge in [-0.05, 0) is 86.8 Å². The van der Waals surface area contributed by atoms with E-state index in [4.69, 9.17) is 9.72 Å². The number of phenols is 1. The number of aromatic nitrogens is 2. The van der Waals surface area contributed by atoms with Gasteiger partial charge in [0.2, 0.25) is 0 Å². The third-order valence-corrected chi connectivity index (χ3v) is 10.6. The SMILES string of the molecule is Oc1cc(-c2ccc3c(N4CCC5(CCCN5)CC4)nc(OC[C@@]45CCCN4C[C@H](F)C5)nc3c2F)c2c(F)c(F)ccc2c1. The Morgan fingerprint density at radius 1 is 0.933 bits per heavy atom. The van der Waals surface area contributed by atoms with Gasteiger partial charge in [0, 0.05) is 47.9 Å². The zero-order valence-corrected chi connectivity index (χ0v) is 24.9. The van der Waals surface area contributed by atoms with Gasteiger partial charge in [-0.1, -0.05) is 12.1 Å².